The van der Waals surface area contributed by atoms with Crippen molar-refractivity contribution >= 4 is 11.7 Å². The zero-order chi connectivity index (χ0) is 13.1. The molecule has 0 heterocycles. The van der Waals surface area contributed by atoms with Gasteiger partial charge in [-0.05, 0) is 18.4 Å². The molecule has 0 fully saturated rings. The third-order valence-electron chi connectivity index (χ3n) is 2.00. The van der Waals surface area contributed by atoms with Crippen molar-refractivity contribution in [3.05, 3.63) is 12.2 Å². The first-order valence-electron chi connectivity index (χ1n) is 6.05. The largest absolute Gasteiger partial charge is 0.380 e. The monoisotopic (exact) mass is 241 g/mol. The number of amides is 1. The molecule has 0 aliphatic heterocycles. The van der Waals surface area contributed by atoms with Gasteiger partial charge in [0.15, 0.2) is 5.78 Å². The Morgan fingerprint density at radius 1 is 1.29 bits per heavy atom. The summed E-state index contributed by atoms with van der Waals surface area (Å²) >= 11 is 0. The highest BCUT2D eigenvalue weighted by Crippen LogP contribution is 1.98. The summed E-state index contributed by atoms with van der Waals surface area (Å²) in [6.45, 7) is 7.12. The summed E-state index contributed by atoms with van der Waals surface area (Å²) in [6.07, 6.45) is 4.78. The average molecular weight is 241 g/mol. The topological polar surface area (TPSA) is 55.4 Å². The molecule has 0 aliphatic rings. The highest BCUT2D eigenvalue weighted by molar-refractivity contribution is 5.89. The van der Waals surface area contributed by atoms with E-state index < -0.39 is 0 Å². The number of carbonyl (C=O) groups is 2. The summed E-state index contributed by atoms with van der Waals surface area (Å²) < 4.78 is 5.27. The van der Waals surface area contributed by atoms with Gasteiger partial charge < -0.3 is 10.1 Å². The minimum Gasteiger partial charge on any atom is -0.380 e. The molecule has 0 rings (SSSR count). The van der Waals surface area contributed by atoms with Gasteiger partial charge in [0.2, 0.25) is 5.91 Å². The molecule has 0 atom stereocenters. The maximum atomic E-state index is 11.3. The SMILES string of the molecule is CC(=O)NCCOCCCC(=O)/C=C/C(C)C. The van der Waals surface area contributed by atoms with Crippen molar-refractivity contribution in [2.45, 2.75) is 33.6 Å². The molecule has 0 aromatic rings. The lowest BCUT2D eigenvalue weighted by Gasteiger charge is -2.03. The number of allylic oxidation sites excluding steroid dienone is 2. The van der Waals surface area contributed by atoms with Gasteiger partial charge in [-0.25, -0.2) is 0 Å². The van der Waals surface area contributed by atoms with E-state index in [-0.39, 0.29) is 11.7 Å². The molecule has 0 radical (unpaired) electrons. The van der Waals surface area contributed by atoms with Crippen LogP contribution in [0.15, 0.2) is 12.2 Å². The molecule has 98 valence electrons. The normalized spacial score (nSPS) is 11.1. The first-order valence-corrected chi connectivity index (χ1v) is 6.05. The molecule has 1 amide bonds. The van der Waals surface area contributed by atoms with E-state index in [1.54, 1.807) is 6.08 Å². The van der Waals surface area contributed by atoms with Crippen molar-refractivity contribution in [3.8, 4) is 0 Å². The molecular formula is C13H23NO3. The van der Waals surface area contributed by atoms with Crippen LogP contribution in [0.4, 0.5) is 0 Å². The predicted molar refractivity (Wildman–Crippen MR) is 67.7 cm³/mol. The van der Waals surface area contributed by atoms with Crippen LogP contribution in [-0.2, 0) is 14.3 Å². The zero-order valence-corrected chi connectivity index (χ0v) is 11.0. The van der Waals surface area contributed by atoms with Gasteiger partial charge in [-0.15, -0.1) is 0 Å². The summed E-state index contributed by atoms with van der Waals surface area (Å²) in [5.74, 6) is 0.500. The van der Waals surface area contributed by atoms with Crippen molar-refractivity contribution < 1.29 is 14.3 Å². The van der Waals surface area contributed by atoms with Crippen LogP contribution in [0.3, 0.4) is 0 Å². The Bertz CT molecular complexity index is 259. The molecule has 4 nitrogen and oxygen atoms in total. The average Bonchev–Trinajstić information content (AvgIpc) is 2.24. The zero-order valence-electron chi connectivity index (χ0n) is 11.0. The van der Waals surface area contributed by atoms with Gasteiger partial charge in [-0.1, -0.05) is 19.9 Å². The Morgan fingerprint density at radius 3 is 2.59 bits per heavy atom. The molecule has 1 N–H and O–H groups in total. The fourth-order valence-corrected chi connectivity index (χ4v) is 1.13. The van der Waals surface area contributed by atoms with Crippen LogP contribution in [0.2, 0.25) is 0 Å². The molecule has 0 saturated carbocycles. The molecule has 0 unspecified atom stereocenters. The summed E-state index contributed by atoms with van der Waals surface area (Å²) in [5, 5.41) is 2.64. The van der Waals surface area contributed by atoms with E-state index in [0.29, 0.717) is 32.1 Å². The van der Waals surface area contributed by atoms with Gasteiger partial charge in [0.05, 0.1) is 6.61 Å². The molecule has 17 heavy (non-hydrogen) atoms. The molecular weight excluding hydrogens is 218 g/mol. The van der Waals surface area contributed by atoms with E-state index in [1.165, 1.54) is 6.92 Å². The Kier molecular flexibility index (Phi) is 9.34. The second kappa shape index (κ2) is 10.0. The van der Waals surface area contributed by atoms with E-state index in [0.717, 1.165) is 6.42 Å². The molecule has 4 heteroatoms. The lowest BCUT2D eigenvalue weighted by Crippen LogP contribution is -2.24. The maximum Gasteiger partial charge on any atom is 0.216 e. The third kappa shape index (κ3) is 12.8. The Balaban J connectivity index is 3.33. The highest BCUT2D eigenvalue weighted by atomic mass is 16.5. The summed E-state index contributed by atoms with van der Waals surface area (Å²) in [6, 6.07) is 0. The van der Waals surface area contributed by atoms with Crippen molar-refractivity contribution in [2.75, 3.05) is 19.8 Å². The van der Waals surface area contributed by atoms with Crippen molar-refractivity contribution in [1.82, 2.24) is 5.32 Å². The third-order valence-corrected chi connectivity index (χ3v) is 2.00. The maximum absolute atomic E-state index is 11.3. The number of carbonyl (C=O) groups excluding carboxylic acids is 2. The first-order chi connectivity index (χ1) is 8.02. The van der Waals surface area contributed by atoms with Crippen LogP contribution < -0.4 is 5.32 Å². The smallest absolute Gasteiger partial charge is 0.216 e. The van der Waals surface area contributed by atoms with Gasteiger partial charge in [-0.2, -0.15) is 0 Å². The molecule has 0 spiro atoms. The molecule has 0 aliphatic carbocycles. The number of ether oxygens (including phenoxy) is 1. The fraction of sp³-hybridized carbons (Fsp3) is 0.692. The first kappa shape index (κ1) is 15.8. The van der Waals surface area contributed by atoms with E-state index in [4.69, 9.17) is 4.74 Å². The highest BCUT2D eigenvalue weighted by Gasteiger charge is 1.97. The summed E-state index contributed by atoms with van der Waals surface area (Å²) in [4.78, 5) is 21.9. The molecule has 0 saturated heterocycles. The van der Waals surface area contributed by atoms with Crippen LogP contribution in [0.1, 0.15) is 33.6 Å². The van der Waals surface area contributed by atoms with E-state index in [1.807, 2.05) is 19.9 Å². The number of rotatable bonds is 9. The quantitative estimate of drug-likeness (QED) is 0.494. The van der Waals surface area contributed by atoms with Crippen LogP contribution in [0.25, 0.3) is 0 Å². The second-order valence-corrected chi connectivity index (χ2v) is 4.27. The van der Waals surface area contributed by atoms with Gasteiger partial charge >= 0.3 is 0 Å². The van der Waals surface area contributed by atoms with Crippen LogP contribution in [0, 0.1) is 5.92 Å². The number of ketones is 1. The standard InChI is InChI=1S/C13H23NO3/c1-11(2)6-7-13(16)5-4-9-17-10-8-14-12(3)15/h6-7,11H,4-5,8-10H2,1-3H3,(H,14,15)/b7-6+. The van der Waals surface area contributed by atoms with Crippen molar-refractivity contribution in [1.29, 1.82) is 0 Å². The van der Waals surface area contributed by atoms with Crippen molar-refractivity contribution in [2.24, 2.45) is 5.92 Å². The summed E-state index contributed by atoms with van der Waals surface area (Å²) in [5.41, 5.74) is 0. The lowest BCUT2D eigenvalue weighted by molar-refractivity contribution is -0.119. The molecule has 0 aromatic heterocycles. The fourth-order valence-electron chi connectivity index (χ4n) is 1.13. The lowest BCUT2D eigenvalue weighted by atomic mass is 10.1. The van der Waals surface area contributed by atoms with Crippen LogP contribution >= 0.6 is 0 Å². The second-order valence-electron chi connectivity index (χ2n) is 4.27. The van der Waals surface area contributed by atoms with E-state index >= 15 is 0 Å². The predicted octanol–water partition coefficient (Wildman–Crippen LogP) is 1.70. The van der Waals surface area contributed by atoms with Crippen LogP contribution in [-0.4, -0.2) is 31.4 Å². The van der Waals surface area contributed by atoms with Gasteiger partial charge in [0, 0.05) is 26.5 Å². The molecule has 0 aromatic carbocycles. The number of hydrogen-bond acceptors (Lipinski definition) is 3. The summed E-state index contributed by atoms with van der Waals surface area (Å²) in [7, 11) is 0. The van der Waals surface area contributed by atoms with Gasteiger partial charge in [0.25, 0.3) is 0 Å². The van der Waals surface area contributed by atoms with Gasteiger partial charge in [-0.3, -0.25) is 9.59 Å². The Hall–Kier alpha value is -1.16. The van der Waals surface area contributed by atoms with Crippen LogP contribution in [0.5, 0.6) is 0 Å². The van der Waals surface area contributed by atoms with Gasteiger partial charge in [0.1, 0.15) is 0 Å². The minimum absolute atomic E-state index is 0.0531. The number of hydrogen-bond donors (Lipinski definition) is 1. The molecule has 0 bridgehead atoms. The van der Waals surface area contributed by atoms with E-state index in [9.17, 15) is 9.59 Å². The number of nitrogens with one attached hydrogen (secondary N) is 1. The van der Waals surface area contributed by atoms with E-state index in [2.05, 4.69) is 5.32 Å². The Morgan fingerprint density at radius 2 is 2.00 bits per heavy atom. The van der Waals surface area contributed by atoms with Crippen molar-refractivity contribution in [3.63, 3.8) is 0 Å². The minimum atomic E-state index is -0.0531. The Labute approximate surface area is 103 Å².